The fourth-order valence-electron chi connectivity index (χ4n) is 2.59. The summed E-state index contributed by atoms with van der Waals surface area (Å²) in [4.78, 5) is 2.50. The molecule has 3 nitrogen and oxygen atoms in total. The lowest BCUT2D eigenvalue weighted by Gasteiger charge is -2.36. The Morgan fingerprint density at radius 2 is 1.70 bits per heavy atom. The third-order valence-electron chi connectivity index (χ3n) is 3.54. The van der Waals surface area contributed by atoms with Crippen LogP contribution in [0.15, 0.2) is 24.3 Å². The Morgan fingerprint density at radius 1 is 1.10 bits per heavy atom. The minimum Gasteiger partial charge on any atom is -0.380 e. The topological polar surface area (TPSA) is 38.5 Å². The van der Waals surface area contributed by atoms with Gasteiger partial charge in [-0.3, -0.25) is 4.90 Å². The summed E-state index contributed by atoms with van der Waals surface area (Å²) in [5, 5.41) is 0. The molecule has 0 fully saturated rings. The molecule has 0 radical (unpaired) electrons. The highest BCUT2D eigenvalue weighted by atomic mass is 16.5. The van der Waals surface area contributed by atoms with Gasteiger partial charge in [0.15, 0.2) is 0 Å². The molecule has 0 saturated heterocycles. The van der Waals surface area contributed by atoms with E-state index in [0.29, 0.717) is 25.1 Å². The van der Waals surface area contributed by atoms with Gasteiger partial charge in [0.25, 0.3) is 0 Å². The van der Waals surface area contributed by atoms with Crippen LogP contribution in [0.2, 0.25) is 0 Å². The molecular formula is C17H30N2O. The molecule has 0 saturated carbocycles. The third-order valence-corrected chi connectivity index (χ3v) is 3.54. The van der Waals surface area contributed by atoms with Crippen molar-refractivity contribution >= 4 is 0 Å². The lowest BCUT2D eigenvalue weighted by atomic mass is 10.0. The largest absolute Gasteiger partial charge is 0.380 e. The van der Waals surface area contributed by atoms with Crippen LogP contribution in [0.4, 0.5) is 0 Å². The second-order valence-corrected chi connectivity index (χ2v) is 6.11. The van der Waals surface area contributed by atoms with Crippen molar-refractivity contribution in [3.05, 3.63) is 35.4 Å². The number of methoxy groups -OCH3 is 1. The van der Waals surface area contributed by atoms with Crippen LogP contribution in [0.5, 0.6) is 0 Å². The molecule has 1 rings (SSSR count). The molecule has 1 unspecified atom stereocenters. The molecule has 0 spiro atoms. The number of hydrogen-bond donors (Lipinski definition) is 1. The monoisotopic (exact) mass is 278 g/mol. The summed E-state index contributed by atoms with van der Waals surface area (Å²) in [6, 6.07) is 9.41. The van der Waals surface area contributed by atoms with E-state index in [1.54, 1.807) is 7.11 Å². The number of ether oxygens (including phenoxy) is 1. The van der Waals surface area contributed by atoms with Crippen LogP contribution in [0.25, 0.3) is 0 Å². The zero-order valence-corrected chi connectivity index (χ0v) is 13.6. The van der Waals surface area contributed by atoms with E-state index in [9.17, 15) is 0 Å². The average Bonchev–Trinajstić information content (AvgIpc) is 2.40. The quantitative estimate of drug-likeness (QED) is 0.793. The fourth-order valence-corrected chi connectivity index (χ4v) is 2.59. The lowest BCUT2D eigenvalue weighted by molar-refractivity contribution is 0.138. The highest BCUT2D eigenvalue weighted by Crippen LogP contribution is 2.23. The standard InChI is InChI=1S/C17H30N2O/c1-13(2)11-19(14(3)4)17(10-18)16-8-6-15(7-9-16)12-20-5/h6-9,13-14,17H,10-12,18H2,1-5H3. The molecule has 1 aromatic carbocycles. The maximum Gasteiger partial charge on any atom is 0.0713 e. The molecule has 114 valence electrons. The summed E-state index contributed by atoms with van der Waals surface area (Å²) < 4.78 is 5.16. The van der Waals surface area contributed by atoms with Crippen molar-refractivity contribution in [1.29, 1.82) is 0 Å². The molecule has 1 atom stereocenters. The van der Waals surface area contributed by atoms with E-state index in [1.165, 1.54) is 11.1 Å². The molecule has 0 aliphatic heterocycles. The lowest BCUT2D eigenvalue weighted by Crippen LogP contribution is -2.40. The van der Waals surface area contributed by atoms with Crippen molar-refractivity contribution in [2.24, 2.45) is 11.7 Å². The summed E-state index contributed by atoms with van der Waals surface area (Å²) in [7, 11) is 1.72. The number of nitrogens with zero attached hydrogens (tertiary/aromatic N) is 1. The Morgan fingerprint density at radius 3 is 2.10 bits per heavy atom. The first-order valence-electron chi connectivity index (χ1n) is 7.53. The van der Waals surface area contributed by atoms with Crippen LogP contribution < -0.4 is 5.73 Å². The normalized spacial score (nSPS) is 13.4. The predicted molar refractivity (Wildman–Crippen MR) is 85.6 cm³/mol. The van der Waals surface area contributed by atoms with Gasteiger partial charge in [-0.2, -0.15) is 0 Å². The molecule has 0 heterocycles. The summed E-state index contributed by atoms with van der Waals surface area (Å²) in [5.41, 5.74) is 8.54. The SMILES string of the molecule is COCc1ccc(C(CN)N(CC(C)C)C(C)C)cc1. The van der Waals surface area contributed by atoms with E-state index in [4.69, 9.17) is 10.5 Å². The summed E-state index contributed by atoms with van der Waals surface area (Å²) in [6.45, 7) is 11.4. The molecule has 0 bridgehead atoms. The van der Waals surface area contributed by atoms with E-state index in [2.05, 4.69) is 56.9 Å². The van der Waals surface area contributed by atoms with Crippen molar-refractivity contribution in [3.8, 4) is 0 Å². The Hall–Kier alpha value is -0.900. The molecule has 3 heteroatoms. The van der Waals surface area contributed by atoms with Crippen molar-refractivity contribution < 1.29 is 4.74 Å². The first-order chi connectivity index (χ1) is 9.49. The van der Waals surface area contributed by atoms with E-state index < -0.39 is 0 Å². The molecule has 20 heavy (non-hydrogen) atoms. The number of benzene rings is 1. The van der Waals surface area contributed by atoms with Gasteiger partial charge in [0.2, 0.25) is 0 Å². The van der Waals surface area contributed by atoms with Gasteiger partial charge in [-0.1, -0.05) is 38.1 Å². The Kier molecular flexibility index (Phi) is 7.20. The van der Waals surface area contributed by atoms with Gasteiger partial charge in [-0.25, -0.2) is 0 Å². The van der Waals surface area contributed by atoms with Gasteiger partial charge < -0.3 is 10.5 Å². The van der Waals surface area contributed by atoms with Crippen LogP contribution in [0, 0.1) is 5.92 Å². The Labute approximate surface area is 124 Å². The van der Waals surface area contributed by atoms with Crippen molar-refractivity contribution in [2.75, 3.05) is 20.2 Å². The van der Waals surface area contributed by atoms with Crippen molar-refractivity contribution in [1.82, 2.24) is 4.90 Å². The smallest absolute Gasteiger partial charge is 0.0713 e. The van der Waals surface area contributed by atoms with E-state index in [-0.39, 0.29) is 6.04 Å². The second-order valence-electron chi connectivity index (χ2n) is 6.11. The summed E-state index contributed by atoms with van der Waals surface area (Å²) >= 11 is 0. The average molecular weight is 278 g/mol. The van der Waals surface area contributed by atoms with Crippen LogP contribution in [-0.4, -0.2) is 31.1 Å². The summed E-state index contributed by atoms with van der Waals surface area (Å²) in [6.07, 6.45) is 0. The highest BCUT2D eigenvalue weighted by molar-refractivity contribution is 5.25. The van der Waals surface area contributed by atoms with Crippen molar-refractivity contribution in [3.63, 3.8) is 0 Å². The third kappa shape index (κ3) is 4.89. The Balaban J connectivity index is 2.91. The van der Waals surface area contributed by atoms with Crippen molar-refractivity contribution in [2.45, 2.75) is 46.4 Å². The molecule has 0 aromatic heterocycles. The van der Waals surface area contributed by atoms with Gasteiger partial charge in [-0.15, -0.1) is 0 Å². The van der Waals surface area contributed by atoms with Crippen LogP contribution >= 0.6 is 0 Å². The van der Waals surface area contributed by atoms with Crippen LogP contribution in [0.1, 0.15) is 44.9 Å². The first kappa shape index (κ1) is 17.2. The molecular weight excluding hydrogens is 248 g/mol. The molecule has 1 aromatic rings. The van der Waals surface area contributed by atoms with Gasteiger partial charge in [-0.05, 0) is 30.9 Å². The zero-order valence-electron chi connectivity index (χ0n) is 13.6. The Bertz CT molecular complexity index is 373. The number of rotatable bonds is 8. The van der Waals surface area contributed by atoms with E-state index in [0.717, 1.165) is 6.54 Å². The fraction of sp³-hybridized carbons (Fsp3) is 0.647. The van der Waals surface area contributed by atoms with Crippen LogP contribution in [-0.2, 0) is 11.3 Å². The molecule has 0 aliphatic rings. The predicted octanol–water partition coefficient (Wildman–Crippen LogP) is 3.20. The maximum absolute atomic E-state index is 6.05. The van der Waals surface area contributed by atoms with E-state index in [1.807, 2.05) is 0 Å². The van der Waals surface area contributed by atoms with Gasteiger partial charge in [0.05, 0.1) is 6.61 Å². The van der Waals surface area contributed by atoms with Gasteiger partial charge in [0.1, 0.15) is 0 Å². The van der Waals surface area contributed by atoms with Gasteiger partial charge in [0, 0.05) is 32.3 Å². The highest BCUT2D eigenvalue weighted by Gasteiger charge is 2.22. The minimum absolute atomic E-state index is 0.286. The minimum atomic E-state index is 0.286. The molecule has 0 aliphatic carbocycles. The van der Waals surface area contributed by atoms with Gasteiger partial charge >= 0.3 is 0 Å². The summed E-state index contributed by atoms with van der Waals surface area (Å²) in [5.74, 6) is 0.638. The maximum atomic E-state index is 6.05. The molecule has 0 amide bonds. The second kappa shape index (κ2) is 8.40. The number of nitrogens with two attached hydrogens (primary N) is 1. The molecule has 2 N–H and O–H groups in total. The number of hydrogen-bond acceptors (Lipinski definition) is 3. The zero-order chi connectivity index (χ0) is 15.1. The van der Waals surface area contributed by atoms with E-state index >= 15 is 0 Å². The first-order valence-corrected chi connectivity index (χ1v) is 7.53. The van der Waals surface area contributed by atoms with Crippen LogP contribution in [0.3, 0.4) is 0 Å².